The van der Waals surface area contributed by atoms with E-state index in [1.165, 1.54) is 64.0 Å². The smallest absolute Gasteiger partial charge is 0.166 e. The van der Waals surface area contributed by atoms with Crippen molar-refractivity contribution in [1.82, 2.24) is 24.1 Å². The number of nitrogens with zero attached hydrogens (tertiary/aromatic N) is 5. The van der Waals surface area contributed by atoms with Crippen LogP contribution in [-0.4, -0.2) is 24.1 Å². The molecule has 0 aliphatic carbocycles. The topological polar surface area (TPSA) is 48.5 Å². The number of para-hydroxylation sites is 5. The first kappa shape index (κ1) is 35.6. The zero-order valence-electron chi connectivity index (χ0n) is 33.9. The second-order valence-electron chi connectivity index (χ2n) is 15.9. The van der Waals surface area contributed by atoms with Crippen LogP contribution in [0.15, 0.2) is 212 Å². The fraction of sp³-hybridized carbons (Fsp3) is 0. The van der Waals surface area contributed by atoms with Gasteiger partial charge in [-0.1, -0.05) is 170 Å². The summed E-state index contributed by atoms with van der Waals surface area (Å²) in [5, 5.41) is 7.31. The van der Waals surface area contributed by atoms with Crippen LogP contribution in [-0.2, 0) is 0 Å². The third kappa shape index (κ3) is 5.52. The van der Waals surface area contributed by atoms with Gasteiger partial charge in [0.25, 0.3) is 0 Å². The lowest BCUT2D eigenvalue weighted by Crippen LogP contribution is -2.02. The predicted molar refractivity (Wildman–Crippen MR) is 263 cm³/mol. The van der Waals surface area contributed by atoms with Crippen molar-refractivity contribution in [2.45, 2.75) is 0 Å². The van der Waals surface area contributed by atoms with Crippen molar-refractivity contribution in [3.63, 3.8) is 0 Å². The van der Waals surface area contributed by atoms with Crippen LogP contribution in [0.3, 0.4) is 0 Å². The Hall–Kier alpha value is -8.19. The second-order valence-corrected chi connectivity index (χ2v) is 17.0. The highest BCUT2D eigenvalue weighted by atomic mass is 32.1. The van der Waals surface area contributed by atoms with Crippen LogP contribution in [0, 0.1) is 0 Å². The highest BCUT2D eigenvalue weighted by Gasteiger charge is 2.24. The van der Waals surface area contributed by atoms with Crippen LogP contribution in [0.5, 0.6) is 0 Å². The molecule has 0 aliphatic rings. The monoisotopic (exact) mass is 821 g/mol. The number of fused-ring (bicyclic) bond motifs is 10. The van der Waals surface area contributed by atoms with E-state index in [2.05, 4.69) is 185 Å². The molecule has 4 aromatic heterocycles. The van der Waals surface area contributed by atoms with Gasteiger partial charge in [0, 0.05) is 70.6 Å². The van der Waals surface area contributed by atoms with Crippen LogP contribution < -0.4 is 0 Å². The summed E-state index contributed by atoms with van der Waals surface area (Å²) >= 11 is 1.87. The van der Waals surface area contributed by atoms with Gasteiger partial charge in [-0.05, 0) is 48.0 Å². The van der Waals surface area contributed by atoms with E-state index in [0.717, 1.165) is 39.0 Å². The molecule has 0 aliphatic heterocycles. The first-order chi connectivity index (χ1) is 31.3. The van der Waals surface area contributed by atoms with Gasteiger partial charge in [-0.2, -0.15) is 0 Å². The molecule has 5 nitrogen and oxygen atoms in total. The second kappa shape index (κ2) is 14.2. The van der Waals surface area contributed by atoms with Crippen molar-refractivity contribution >= 4 is 75.1 Å². The molecule has 0 fully saturated rings. The largest absolute Gasteiger partial charge is 0.309 e. The average Bonchev–Trinajstić information content (AvgIpc) is 4.03. The lowest BCUT2D eigenvalue weighted by Gasteiger charge is -2.13. The maximum Gasteiger partial charge on any atom is 0.166 e. The van der Waals surface area contributed by atoms with Gasteiger partial charge in [0.05, 0.1) is 26.8 Å². The maximum absolute atomic E-state index is 5.23. The van der Waals surface area contributed by atoms with Crippen LogP contribution >= 0.6 is 11.3 Å². The molecule has 63 heavy (non-hydrogen) atoms. The van der Waals surface area contributed by atoms with E-state index in [1.807, 2.05) is 47.7 Å². The number of hydrogen-bond acceptors (Lipinski definition) is 4. The zero-order chi connectivity index (χ0) is 41.4. The highest BCUT2D eigenvalue weighted by Crippen LogP contribution is 2.48. The summed E-state index contributed by atoms with van der Waals surface area (Å²) in [6, 6.07) is 75.4. The van der Waals surface area contributed by atoms with Gasteiger partial charge in [0.1, 0.15) is 0 Å². The van der Waals surface area contributed by atoms with Crippen molar-refractivity contribution in [1.29, 1.82) is 0 Å². The predicted octanol–water partition coefficient (Wildman–Crippen LogP) is 15.1. The fourth-order valence-electron chi connectivity index (χ4n) is 9.68. The number of thiophene rings is 1. The molecule has 0 radical (unpaired) electrons. The van der Waals surface area contributed by atoms with Crippen LogP contribution in [0.2, 0.25) is 0 Å². The molecule has 0 saturated heterocycles. The minimum Gasteiger partial charge on any atom is -0.309 e. The molecule has 0 saturated carbocycles. The Labute approximate surface area is 366 Å². The molecular formula is C57H35N5S. The molecule has 4 heterocycles. The van der Waals surface area contributed by atoms with E-state index in [-0.39, 0.29) is 0 Å². The average molecular weight is 822 g/mol. The Morgan fingerprint density at radius 3 is 1.48 bits per heavy atom. The number of hydrogen-bond donors (Lipinski definition) is 0. The summed E-state index contributed by atoms with van der Waals surface area (Å²) in [6.07, 6.45) is 0. The first-order valence-corrected chi connectivity index (χ1v) is 22.0. The number of rotatable bonds is 6. The fourth-order valence-corrected chi connectivity index (χ4v) is 10.9. The van der Waals surface area contributed by atoms with Crippen LogP contribution in [0.4, 0.5) is 0 Å². The molecule has 6 heteroatoms. The van der Waals surface area contributed by atoms with Crippen molar-refractivity contribution in [3.8, 4) is 56.7 Å². The maximum atomic E-state index is 5.23. The lowest BCUT2D eigenvalue weighted by molar-refractivity contribution is 1.07. The Balaban J connectivity index is 1.12. The summed E-state index contributed by atoms with van der Waals surface area (Å²) in [7, 11) is 0. The summed E-state index contributed by atoms with van der Waals surface area (Å²) in [5.74, 6) is 1.91. The Kier molecular flexibility index (Phi) is 8.01. The van der Waals surface area contributed by atoms with E-state index in [1.54, 1.807) is 0 Å². The third-order valence-corrected chi connectivity index (χ3v) is 13.5. The normalized spacial score (nSPS) is 11.8. The van der Waals surface area contributed by atoms with E-state index in [9.17, 15) is 0 Å². The van der Waals surface area contributed by atoms with Gasteiger partial charge in [-0.25, -0.2) is 15.0 Å². The van der Waals surface area contributed by atoms with Crippen molar-refractivity contribution in [2.24, 2.45) is 0 Å². The lowest BCUT2D eigenvalue weighted by atomic mass is 9.96. The van der Waals surface area contributed by atoms with Crippen molar-refractivity contribution in [2.75, 3.05) is 0 Å². The molecule has 0 amide bonds. The zero-order valence-corrected chi connectivity index (χ0v) is 34.7. The van der Waals surface area contributed by atoms with Gasteiger partial charge in [-0.3, -0.25) is 0 Å². The van der Waals surface area contributed by atoms with Gasteiger partial charge in [0.2, 0.25) is 0 Å². The SMILES string of the molecule is c1ccc(-c2nc(-c3ccccc3)nc(-c3cccc4c5ccc6c(sc7cccc(-c8cccc9c%10ccccc%10n(-c%10ccccc%10)c89)c76)c5n(-c5ccccc5)c34)n2)cc1. The standard InChI is InChI=1S/C57H35N5S/c1-5-18-36(19-6-1)55-58-56(37-20-7-2-8-21-37)60-57(59-55)47-31-16-30-44-45-34-35-46-50-41(27-17-33-49(50)63-54(46)53(45)62(52(44)47)39-24-11-4-12-25-39)43-29-15-28-42-40-26-13-14-32-48(40)61(51(42)43)38-22-9-3-10-23-38/h1-35H. The molecule has 13 rings (SSSR count). The molecule has 13 aromatic rings. The van der Waals surface area contributed by atoms with Gasteiger partial charge in [-0.15, -0.1) is 11.3 Å². The Morgan fingerprint density at radius 1 is 0.317 bits per heavy atom. The van der Waals surface area contributed by atoms with E-state index >= 15 is 0 Å². The van der Waals surface area contributed by atoms with E-state index < -0.39 is 0 Å². The van der Waals surface area contributed by atoms with Gasteiger partial charge in [0.15, 0.2) is 17.5 Å². The summed E-state index contributed by atoms with van der Waals surface area (Å²) in [4.78, 5) is 15.5. The summed E-state index contributed by atoms with van der Waals surface area (Å²) in [5.41, 5.74) is 12.1. The quantitative estimate of drug-likeness (QED) is 0.168. The molecule has 0 spiro atoms. The highest BCUT2D eigenvalue weighted by molar-refractivity contribution is 7.26. The summed E-state index contributed by atoms with van der Waals surface area (Å²) < 4.78 is 7.37. The minimum absolute atomic E-state index is 0.630. The van der Waals surface area contributed by atoms with E-state index in [0.29, 0.717) is 17.5 Å². The Morgan fingerprint density at radius 2 is 0.794 bits per heavy atom. The van der Waals surface area contributed by atoms with Crippen molar-refractivity contribution in [3.05, 3.63) is 212 Å². The molecular weight excluding hydrogens is 787 g/mol. The molecule has 0 unspecified atom stereocenters. The molecule has 294 valence electrons. The Bertz CT molecular complexity index is 3830. The number of aromatic nitrogens is 5. The number of benzene rings is 9. The summed E-state index contributed by atoms with van der Waals surface area (Å²) in [6.45, 7) is 0. The van der Waals surface area contributed by atoms with Gasteiger partial charge >= 0.3 is 0 Å². The van der Waals surface area contributed by atoms with E-state index in [4.69, 9.17) is 15.0 Å². The van der Waals surface area contributed by atoms with Crippen molar-refractivity contribution < 1.29 is 0 Å². The third-order valence-electron chi connectivity index (χ3n) is 12.4. The van der Waals surface area contributed by atoms with Crippen LogP contribution in [0.25, 0.3) is 120 Å². The molecule has 0 N–H and O–H groups in total. The minimum atomic E-state index is 0.630. The molecule has 0 atom stereocenters. The van der Waals surface area contributed by atoms with Gasteiger partial charge < -0.3 is 9.13 Å². The van der Waals surface area contributed by atoms with Crippen LogP contribution in [0.1, 0.15) is 0 Å². The first-order valence-electron chi connectivity index (χ1n) is 21.2. The molecule has 0 bridgehead atoms. The molecule has 9 aromatic carbocycles.